The first-order valence-corrected chi connectivity index (χ1v) is 14.9. The van der Waals surface area contributed by atoms with Crippen LogP contribution in [0.2, 0.25) is 0 Å². The smallest absolute Gasteiger partial charge is 0.303 e. The molecule has 0 bridgehead atoms. The van der Waals surface area contributed by atoms with Gasteiger partial charge in [-0.3, -0.25) is 28.8 Å². The van der Waals surface area contributed by atoms with E-state index in [2.05, 4.69) is 0 Å². The zero-order chi connectivity index (χ0) is 34.6. The summed E-state index contributed by atoms with van der Waals surface area (Å²) in [6.07, 6.45) is -10.2. The minimum atomic E-state index is -1.70. The number of carbonyl (C=O) groups is 6. The highest BCUT2D eigenvalue weighted by Gasteiger charge is 2.62. The van der Waals surface area contributed by atoms with Gasteiger partial charge in [-0.15, -0.1) is 0 Å². The summed E-state index contributed by atoms with van der Waals surface area (Å²) >= 11 is 0. The minimum Gasteiger partial charge on any atom is -0.507 e. The van der Waals surface area contributed by atoms with Crippen LogP contribution in [0.15, 0.2) is 29.3 Å². The molecule has 15 nitrogen and oxygen atoms in total. The highest BCUT2D eigenvalue weighted by atomic mass is 16.8. The number of fused-ring (bicyclic) bond motifs is 2. The largest absolute Gasteiger partial charge is 0.507 e. The molecule has 15 heteroatoms. The molecule has 1 unspecified atom stereocenters. The van der Waals surface area contributed by atoms with Crippen LogP contribution in [0.25, 0.3) is 0 Å². The summed E-state index contributed by atoms with van der Waals surface area (Å²) < 4.78 is 46.7. The molecule has 4 aliphatic rings. The standard InChI is InChI=1S/C32H36O15/c1-13(33)40-12-20-25(41-14(2)34)27(42-15(3)35)28(43-16(4)36)30(44-20)45-26-22-18(11-32(7)29(26)46-31(5,6)47-32)23(38)17-9-8-10-19(37)21(17)24(22)39/h8-10,20,25-30,37H,11-12H2,1-7H3/t20-,25-,26-,27+,28-,29+,30?,32-/m1/s1. The molecule has 5 rings (SSSR count). The van der Waals surface area contributed by atoms with E-state index in [4.69, 9.17) is 37.9 Å². The van der Waals surface area contributed by atoms with Crippen molar-refractivity contribution in [3.63, 3.8) is 0 Å². The van der Waals surface area contributed by atoms with E-state index in [0.29, 0.717) is 0 Å². The quantitative estimate of drug-likeness (QED) is 0.328. The summed E-state index contributed by atoms with van der Waals surface area (Å²) in [6, 6.07) is 4.15. The van der Waals surface area contributed by atoms with Crippen LogP contribution in [0.5, 0.6) is 5.75 Å². The third-order valence-electron chi connectivity index (χ3n) is 8.17. The normalized spacial score (nSPS) is 32.4. The SMILES string of the molecule is CC(=O)OC[C@H]1OC(O[C@@H]2C3=C(C[C@@]4(C)OC(C)(C)O[C@@H]24)C(=O)c2cccc(O)c2C3=O)[C@H](OC(C)=O)[C@@H](OC(C)=O)[C@@H]1OC(C)=O. The zero-order valence-electron chi connectivity index (χ0n) is 26.9. The van der Waals surface area contributed by atoms with Gasteiger partial charge in [0.05, 0.1) is 5.56 Å². The molecule has 2 fully saturated rings. The molecule has 0 amide bonds. The van der Waals surface area contributed by atoms with Crippen molar-refractivity contribution in [1.82, 2.24) is 0 Å². The van der Waals surface area contributed by atoms with E-state index in [9.17, 15) is 33.9 Å². The highest BCUT2D eigenvalue weighted by Crippen LogP contribution is 2.51. The fourth-order valence-corrected chi connectivity index (χ4v) is 6.68. The van der Waals surface area contributed by atoms with E-state index in [1.165, 1.54) is 18.2 Å². The molecular formula is C32H36O15. The van der Waals surface area contributed by atoms with Gasteiger partial charge in [-0.1, -0.05) is 12.1 Å². The lowest BCUT2D eigenvalue weighted by atomic mass is 9.70. The van der Waals surface area contributed by atoms with Gasteiger partial charge in [-0.05, 0) is 26.8 Å². The van der Waals surface area contributed by atoms with Gasteiger partial charge in [0.1, 0.15) is 36.3 Å². The predicted octanol–water partition coefficient (Wildman–Crippen LogP) is 1.85. The Bertz CT molecular complexity index is 1560. The van der Waals surface area contributed by atoms with E-state index in [1.54, 1.807) is 20.8 Å². The Labute approximate surface area is 269 Å². The number of phenols is 1. The summed E-state index contributed by atoms with van der Waals surface area (Å²) in [5.41, 5.74) is -1.53. The van der Waals surface area contributed by atoms with E-state index in [0.717, 1.165) is 27.7 Å². The van der Waals surface area contributed by atoms with E-state index >= 15 is 0 Å². The van der Waals surface area contributed by atoms with Crippen molar-refractivity contribution in [2.75, 3.05) is 6.61 Å². The number of benzene rings is 1. The van der Waals surface area contributed by atoms with Crippen LogP contribution >= 0.6 is 0 Å². The molecule has 1 N–H and O–H groups in total. The van der Waals surface area contributed by atoms with Gasteiger partial charge in [-0.25, -0.2) is 0 Å². The number of ether oxygens (including phenoxy) is 8. The highest BCUT2D eigenvalue weighted by molar-refractivity contribution is 6.28. The van der Waals surface area contributed by atoms with Crippen molar-refractivity contribution in [3.8, 4) is 5.75 Å². The monoisotopic (exact) mass is 660 g/mol. The lowest BCUT2D eigenvalue weighted by molar-refractivity contribution is -0.320. The maximum atomic E-state index is 14.2. The van der Waals surface area contributed by atoms with Gasteiger partial charge < -0.3 is 43.0 Å². The number of phenolic OH excluding ortho intramolecular Hbond substituents is 1. The van der Waals surface area contributed by atoms with Crippen molar-refractivity contribution < 1.29 is 71.8 Å². The van der Waals surface area contributed by atoms with Crippen LogP contribution in [-0.2, 0) is 57.1 Å². The van der Waals surface area contributed by atoms with Crippen molar-refractivity contribution in [2.45, 2.75) is 109 Å². The minimum absolute atomic E-state index is 0.0000209. The Hall–Kier alpha value is -4.18. The average Bonchev–Trinajstić information content (AvgIpc) is 3.20. The van der Waals surface area contributed by atoms with E-state index in [1.807, 2.05) is 0 Å². The van der Waals surface area contributed by atoms with Crippen molar-refractivity contribution >= 4 is 35.4 Å². The summed E-state index contributed by atoms with van der Waals surface area (Å²) in [7, 11) is 0. The van der Waals surface area contributed by atoms with E-state index < -0.39 is 102 Å². The molecule has 0 spiro atoms. The number of hydrogen-bond acceptors (Lipinski definition) is 15. The number of aromatic hydroxyl groups is 1. The Balaban J connectivity index is 1.64. The van der Waals surface area contributed by atoms with Crippen LogP contribution in [0, 0.1) is 0 Å². The third kappa shape index (κ3) is 6.52. The molecule has 2 aliphatic heterocycles. The molecule has 1 aromatic carbocycles. The first-order chi connectivity index (χ1) is 21.9. The van der Waals surface area contributed by atoms with E-state index in [-0.39, 0.29) is 28.7 Å². The van der Waals surface area contributed by atoms with Crippen LogP contribution in [0.1, 0.15) is 75.6 Å². The predicted molar refractivity (Wildman–Crippen MR) is 154 cm³/mol. The Morgan fingerprint density at radius 1 is 0.872 bits per heavy atom. The number of Topliss-reactive ketones (excluding diaryl/α,β-unsaturated/α-hetero) is 2. The zero-order valence-corrected chi connectivity index (χ0v) is 26.9. The maximum absolute atomic E-state index is 14.2. The van der Waals surface area contributed by atoms with Gasteiger partial charge >= 0.3 is 23.9 Å². The number of esters is 4. The van der Waals surface area contributed by atoms with Crippen LogP contribution in [0.4, 0.5) is 0 Å². The molecule has 254 valence electrons. The summed E-state index contributed by atoms with van der Waals surface area (Å²) in [4.78, 5) is 76.6. The Morgan fingerprint density at radius 3 is 2.11 bits per heavy atom. The molecule has 1 aromatic rings. The molecule has 0 radical (unpaired) electrons. The summed E-state index contributed by atoms with van der Waals surface area (Å²) in [5.74, 6) is -6.10. The van der Waals surface area contributed by atoms with Crippen molar-refractivity contribution in [2.24, 2.45) is 0 Å². The molecule has 2 aliphatic carbocycles. The third-order valence-corrected chi connectivity index (χ3v) is 8.17. The first-order valence-electron chi connectivity index (χ1n) is 14.9. The van der Waals surface area contributed by atoms with Gasteiger partial charge in [0, 0.05) is 50.8 Å². The van der Waals surface area contributed by atoms with Crippen LogP contribution in [0.3, 0.4) is 0 Å². The molecule has 2 saturated heterocycles. The molecule has 47 heavy (non-hydrogen) atoms. The number of carbonyl (C=O) groups excluding carboxylic acids is 6. The lowest BCUT2D eigenvalue weighted by Crippen LogP contribution is -2.64. The Kier molecular flexibility index (Phi) is 9.05. The lowest BCUT2D eigenvalue weighted by Gasteiger charge is -2.47. The van der Waals surface area contributed by atoms with Gasteiger partial charge in [-0.2, -0.15) is 0 Å². The second-order valence-electron chi connectivity index (χ2n) is 12.4. The summed E-state index contributed by atoms with van der Waals surface area (Å²) in [5, 5.41) is 10.7. The van der Waals surface area contributed by atoms with Crippen molar-refractivity contribution in [1.29, 1.82) is 0 Å². The van der Waals surface area contributed by atoms with Crippen molar-refractivity contribution in [3.05, 3.63) is 40.5 Å². The molecular weight excluding hydrogens is 624 g/mol. The summed E-state index contributed by atoms with van der Waals surface area (Å²) in [6.45, 7) is 8.85. The fraction of sp³-hybridized carbons (Fsp3) is 0.562. The maximum Gasteiger partial charge on any atom is 0.303 e. The Morgan fingerprint density at radius 2 is 1.49 bits per heavy atom. The van der Waals surface area contributed by atoms with Gasteiger partial charge in [0.2, 0.25) is 0 Å². The molecule has 0 aromatic heterocycles. The second kappa shape index (κ2) is 12.4. The average molecular weight is 661 g/mol. The molecule has 0 saturated carbocycles. The van der Waals surface area contributed by atoms with Crippen LogP contribution in [-0.4, -0.2) is 101 Å². The first kappa shape index (κ1) is 34.2. The number of rotatable bonds is 7. The molecule has 2 heterocycles. The van der Waals surface area contributed by atoms with Gasteiger partial charge in [0.25, 0.3) is 0 Å². The molecule has 8 atom stereocenters. The van der Waals surface area contributed by atoms with Gasteiger partial charge in [0.15, 0.2) is 42.0 Å². The number of ketones is 2. The topological polar surface area (TPSA) is 196 Å². The second-order valence-corrected chi connectivity index (χ2v) is 12.4. The number of hydrogen-bond donors (Lipinski definition) is 1. The van der Waals surface area contributed by atoms with Crippen LogP contribution < -0.4 is 0 Å². The fourth-order valence-electron chi connectivity index (χ4n) is 6.68.